The monoisotopic (exact) mass is 287 g/mol. The molecule has 3 rings (SSSR count). The molecule has 1 saturated carbocycles. The molecule has 0 aliphatic heterocycles. The summed E-state index contributed by atoms with van der Waals surface area (Å²) in [7, 11) is 0. The molecular weight excluding hydrogens is 258 g/mol. The van der Waals surface area contributed by atoms with Gasteiger partial charge >= 0.3 is 0 Å². The van der Waals surface area contributed by atoms with E-state index in [9.17, 15) is 0 Å². The molecule has 1 fully saturated rings. The van der Waals surface area contributed by atoms with E-state index in [0.717, 1.165) is 31.3 Å². The maximum Gasteiger partial charge on any atom is 0.0804 e. The molecule has 1 atom stereocenters. The van der Waals surface area contributed by atoms with Crippen LogP contribution in [-0.4, -0.2) is 18.8 Å². The summed E-state index contributed by atoms with van der Waals surface area (Å²) in [5.74, 6) is 2.24. The smallest absolute Gasteiger partial charge is 0.0804 e. The van der Waals surface area contributed by atoms with Crippen molar-refractivity contribution in [2.45, 2.75) is 57.5 Å². The summed E-state index contributed by atoms with van der Waals surface area (Å²) in [5, 5.41) is 0. The highest BCUT2D eigenvalue weighted by atomic mass is 16.5. The van der Waals surface area contributed by atoms with Gasteiger partial charge in [0, 0.05) is 12.5 Å². The second-order valence-electron chi connectivity index (χ2n) is 7.38. The summed E-state index contributed by atoms with van der Waals surface area (Å²) in [6.45, 7) is 6.20. The molecule has 2 aliphatic rings. The molecule has 21 heavy (non-hydrogen) atoms. The first kappa shape index (κ1) is 15.1. The van der Waals surface area contributed by atoms with E-state index in [-0.39, 0.29) is 5.60 Å². The molecule has 0 radical (unpaired) electrons. The van der Waals surface area contributed by atoms with Gasteiger partial charge in [-0.1, -0.05) is 38.1 Å². The quantitative estimate of drug-likeness (QED) is 0.892. The molecule has 1 aromatic carbocycles. The maximum absolute atomic E-state index is 6.38. The van der Waals surface area contributed by atoms with Crippen molar-refractivity contribution >= 4 is 0 Å². The Labute approximate surface area is 129 Å². The van der Waals surface area contributed by atoms with E-state index in [4.69, 9.17) is 10.5 Å². The van der Waals surface area contributed by atoms with Crippen LogP contribution >= 0.6 is 0 Å². The van der Waals surface area contributed by atoms with Crippen LogP contribution < -0.4 is 5.73 Å². The van der Waals surface area contributed by atoms with E-state index in [2.05, 4.69) is 38.1 Å². The Morgan fingerprint density at radius 2 is 1.95 bits per heavy atom. The molecule has 2 N–H and O–H groups in total. The zero-order valence-corrected chi connectivity index (χ0v) is 13.5. The summed E-state index contributed by atoms with van der Waals surface area (Å²) >= 11 is 0. The molecule has 0 amide bonds. The van der Waals surface area contributed by atoms with E-state index in [0.29, 0.717) is 12.5 Å². The first-order valence-corrected chi connectivity index (χ1v) is 8.55. The number of benzene rings is 1. The van der Waals surface area contributed by atoms with Crippen molar-refractivity contribution in [3.8, 4) is 0 Å². The van der Waals surface area contributed by atoms with Crippen molar-refractivity contribution in [2.24, 2.45) is 17.6 Å². The third-order valence-corrected chi connectivity index (χ3v) is 5.81. The van der Waals surface area contributed by atoms with E-state index in [1.807, 2.05) is 0 Å². The third-order valence-electron chi connectivity index (χ3n) is 5.81. The van der Waals surface area contributed by atoms with Crippen molar-refractivity contribution < 1.29 is 4.74 Å². The zero-order chi connectivity index (χ0) is 14.9. The van der Waals surface area contributed by atoms with Crippen LogP contribution in [0.15, 0.2) is 24.3 Å². The summed E-state index contributed by atoms with van der Waals surface area (Å²) in [5.41, 5.74) is 9.01. The number of hydrogen-bond donors (Lipinski definition) is 1. The van der Waals surface area contributed by atoms with Crippen LogP contribution in [-0.2, 0) is 11.2 Å². The van der Waals surface area contributed by atoms with Crippen LogP contribution in [0.25, 0.3) is 0 Å². The van der Waals surface area contributed by atoms with Gasteiger partial charge < -0.3 is 10.5 Å². The van der Waals surface area contributed by atoms with E-state index in [1.165, 1.54) is 30.4 Å². The SMILES string of the molecule is CC(C)C1CCC(CN)(OCC2Cc3ccccc32)CC1. The first-order valence-electron chi connectivity index (χ1n) is 8.55. The standard InChI is InChI=1S/C19H29NO/c1-14(2)15-7-9-19(13-20,10-8-15)21-12-17-11-16-5-3-4-6-18(16)17/h3-6,14-15,17H,7-13,20H2,1-2H3. The van der Waals surface area contributed by atoms with Gasteiger partial charge in [0.1, 0.15) is 0 Å². The van der Waals surface area contributed by atoms with E-state index in [1.54, 1.807) is 0 Å². The van der Waals surface area contributed by atoms with Gasteiger partial charge in [-0.05, 0) is 55.1 Å². The van der Waals surface area contributed by atoms with Crippen LogP contribution in [0.2, 0.25) is 0 Å². The second kappa shape index (κ2) is 6.10. The minimum Gasteiger partial charge on any atom is -0.373 e. The fourth-order valence-electron chi connectivity index (χ4n) is 4.03. The van der Waals surface area contributed by atoms with Gasteiger partial charge in [-0.3, -0.25) is 0 Å². The highest BCUT2D eigenvalue weighted by Crippen LogP contribution is 2.40. The average Bonchev–Trinajstić information content (AvgIpc) is 2.48. The van der Waals surface area contributed by atoms with Crippen molar-refractivity contribution in [1.82, 2.24) is 0 Å². The topological polar surface area (TPSA) is 35.2 Å². The van der Waals surface area contributed by atoms with Gasteiger partial charge in [-0.25, -0.2) is 0 Å². The molecule has 0 saturated heterocycles. The third kappa shape index (κ3) is 3.02. The Morgan fingerprint density at radius 3 is 2.57 bits per heavy atom. The number of rotatable bonds is 5. The number of fused-ring (bicyclic) bond motifs is 1. The number of ether oxygens (including phenoxy) is 1. The average molecular weight is 287 g/mol. The lowest BCUT2D eigenvalue weighted by Crippen LogP contribution is -2.45. The Morgan fingerprint density at radius 1 is 1.24 bits per heavy atom. The first-order chi connectivity index (χ1) is 10.1. The molecule has 2 heteroatoms. The van der Waals surface area contributed by atoms with Crippen LogP contribution in [0.3, 0.4) is 0 Å². The van der Waals surface area contributed by atoms with Gasteiger partial charge in [0.2, 0.25) is 0 Å². The molecule has 116 valence electrons. The Kier molecular flexibility index (Phi) is 4.37. The molecule has 0 bridgehead atoms. The number of nitrogens with two attached hydrogens (primary N) is 1. The summed E-state index contributed by atoms with van der Waals surface area (Å²) in [6, 6.07) is 8.75. The van der Waals surface area contributed by atoms with Crippen molar-refractivity contribution in [3.63, 3.8) is 0 Å². The van der Waals surface area contributed by atoms with Crippen molar-refractivity contribution in [2.75, 3.05) is 13.2 Å². The largest absolute Gasteiger partial charge is 0.373 e. The Hall–Kier alpha value is -0.860. The normalized spacial score (nSPS) is 31.8. The van der Waals surface area contributed by atoms with Crippen LogP contribution in [0, 0.1) is 11.8 Å². The molecular formula is C19H29NO. The van der Waals surface area contributed by atoms with Gasteiger partial charge in [-0.15, -0.1) is 0 Å². The fourth-order valence-corrected chi connectivity index (χ4v) is 4.03. The van der Waals surface area contributed by atoms with Gasteiger partial charge in [-0.2, -0.15) is 0 Å². The molecule has 2 nitrogen and oxygen atoms in total. The lowest BCUT2D eigenvalue weighted by molar-refractivity contribution is -0.0811. The van der Waals surface area contributed by atoms with E-state index < -0.39 is 0 Å². The number of hydrogen-bond acceptors (Lipinski definition) is 2. The Bertz CT molecular complexity index is 474. The van der Waals surface area contributed by atoms with E-state index >= 15 is 0 Å². The van der Waals surface area contributed by atoms with Gasteiger partial charge in [0.15, 0.2) is 0 Å². The van der Waals surface area contributed by atoms with Crippen molar-refractivity contribution in [3.05, 3.63) is 35.4 Å². The van der Waals surface area contributed by atoms with Crippen LogP contribution in [0.5, 0.6) is 0 Å². The highest BCUT2D eigenvalue weighted by molar-refractivity contribution is 5.39. The van der Waals surface area contributed by atoms with Gasteiger partial charge in [0.05, 0.1) is 12.2 Å². The molecule has 0 aromatic heterocycles. The maximum atomic E-state index is 6.38. The predicted molar refractivity (Wildman–Crippen MR) is 87.4 cm³/mol. The minimum absolute atomic E-state index is 0.0457. The predicted octanol–water partition coefficient (Wildman–Crippen LogP) is 3.89. The van der Waals surface area contributed by atoms with Crippen LogP contribution in [0.1, 0.15) is 56.6 Å². The summed E-state index contributed by atoms with van der Waals surface area (Å²) < 4.78 is 6.38. The summed E-state index contributed by atoms with van der Waals surface area (Å²) in [6.07, 6.45) is 6.00. The zero-order valence-electron chi connectivity index (χ0n) is 13.5. The lowest BCUT2D eigenvalue weighted by atomic mass is 9.74. The Balaban J connectivity index is 1.55. The fraction of sp³-hybridized carbons (Fsp3) is 0.684. The molecule has 0 heterocycles. The minimum atomic E-state index is -0.0457. The van der Waals surface area contributed by atoms with Crippen molar-refractivity contribution in [1.29, 1.82) is 0 Å². The molecule has 2 aliphatic carbocycles. The highest BCUT2D eigenvalue weighted by Gasteiger charge is 2.37. The second-order valence-corrected chi connectivity index (χ2v) is 7.38. The lowest BCUT2D eigenvalue weighted by Gasteiger charge is -2.42. The summed E-state index contributed by atoms with van der Waals surface area (Å²) in [4.78, 5) is 0. The van der Waals surface area contributed by atoms with Crippen LogP contribution in [0.4, 0.5) is 0 Å². The molecule has 1 unspecified atom stereocenters. The molecule has 0 spiro atoms. The molecule has 1 aromatic rings. The van der Waals surface area contributed by atoms with Gasteiger partial charge in [0.25, 0.3) is 0 Å².